The fraction of sp³-hybridized carbons (Fsp3) is 0.200. The van der Waals surface area contributed by atoms with Crippen molar-refractivity contribution in [1.29, 1.82) is 0 Å². The summed E-state index contributed by atoms with van der Waals surface area (Å²) >= 11 is 9.28. The molecule has 0 radical (unpaired) electrons. The van der Waals surface area contributed by atoms with Gasteiger partial charge in [0.25, 0.3) is 0 Å². The Morgan fingerprint density at radius 1 is 1.26 bits per heavy atom. The topological polar surface area (TPSA) is 26.0 Å². The monoisotopic (exact) mass is 341 g/mol. The lowest BCUT2D eigenvalue weighted by Crippen LogP contribution is -2.14. The van der Waals surface area contributed by atoms with Crippen molar-refractivity contribution in [3.8, 4) is 0 Å². The summed E-state index contributed by atoms with van der Waals surface area (Å²) in [7, 11) is 0. The molecule has 2 N–H and O–H groups in total. The van der Waals surface area contributed by atoms with Gasteiger partial charge in [-0.25, -0.2) is 4.39 Å². The van der Waals surface area contributed by atoms with Crippen molar-refractivity contribution < 1.29 is 4.39 Å². The average Bonchev–Trinajstić information content (AvgIpc) is 2.36. The van der Waals surface area contributed by atoms with Crippen molar-refractivity contribution in [2.75, 3.05) is 0 Å². The highest BCUT2D eigenvalue weighted by Gasteiger charge is 2.12. The fourth-order valence-corrected chi connectivity index (χ4v) is 2.72. The van der Waals surface area contributed by atoms with Gasteiger partial charge in [-0.05, 0) is 42.7 Å². The molecule has 1 nitrogen and oxygen atoms in total. The molecule has 0 fully saturated rings. The minimum Gasteiger partial charge on any atom is -0.324 e. The number of rotatable bonds is 3. The van der Waals surface area contributed by atoms with Gasteiger partial charge in [-0.2, -0.15) is 0 Å². The summed E-state index contributed by atoms with van der Waals surface area (Å²) in [5.41, 5.74) is 9.34. The Bertz CT molecular complexity index is 601. The minimum atomic E-state index is -0.407. The summed E-state index contributed by atoms with van der Waals surface area (Å²) < 4.78 is 14.1. The van der Waals surface area contributed by atoms with Crippen LogP contribution in [0.15, 0.2) is 40.9 Å². The molecular weight excluding hydrogens is 329 g/mol. The lowest BCUT2D eigenvalue weighted by molar-refractivity contribution is 0.626. The van der Waals surface area contributed by atoms with Gasteiger partial charge in [-0.3, -0.25) is 0 Å². The van der Waals surface area contributed by atoms with E-state index in [-0.39, 0.29) is 11.1 Å². The van der Waals surface area contributed by atoms with Crippen LogP contribution < -0.4 is 5.73 Å². The molecule has 0 aliphatic carbocycles. The Labute approximate surface area is 125 Å². The first-order chi connectivity index (χ1) is 8.97. The normalized spacial score (nSPS) is 12.5. The highest BCUT2D eigenvalue weighted by atomic mass is 79.9. The van der Waals surface area contributed by atoms with Crippen molar-refractivity contribution in [1.82, 2.24) is 0 Å². The zero-order chi connectivity index (χ0) is 14.0. The van der Waals surface area contributed by atoms with Crippen molar-refractivity contribution in [3.05, 3.63) is 68.4 Å². The zero-order valence-electron chi connectivity index (χ0n) is 10.5. The maximum Gasteiger partial charge on any atom is 0.141 e. The molecule has 19 heavy (non-hydrogen) atoms. The Morgan fingerprint density at radius 3 is 2.68 bits per heavy atom. The van der Waals surface area contributed by atoms with E-state index in [1.54, 1.807) is 12.1 Å². The third-order valence-corrected chi connectivity index (χ3v) is 4.00. The van der Waals surface area contributed by atoms with Gasteiger partial charge in [-0.1, -0.05) is 51.3 Å². The predicted molar refractivity (Wildman–Crippen MR) is 80.9 cm³/mol. The lowest BCUT2D eigenvalue weighted by atomic mass is 9.98. The second-order valence-corrected chi connectivity index (χ2v) is 5.85. The van der Waals surface area contributed by atoms with E-state index in [1.165, 1.54) is 6.07 Å². The van der Waals surface area contributed by atoms with Gasteiger partial charge in [-0.15, -0.1) is 0 Å². The SMILES string of the molecule is Cc1ccc(Br)c(C(N)Cc2ccc(F)c(Cl)c2)c1. The van der Waals surface area contributed by atoms with Crippen LogP contribution in [0.25, 0.3) is 0 Å². The summed E-state index contributed by atoms with van der Waals surface area (Å²) in [5, 5.41) is 0.132. The molecule has 0 bridgehead atoms. The summed E-state index contributed by atoms with van der Waals surface area (Å²) in [6.07, 6.45) is 0.613. The number of hydrogen-bond donors (Lipinski definition) is 1. The van der Waals surface area contributed by atoms with Crippen molar-refractivity contribution in [2.45, 2.75) is 19.4 Å². The molecule has 4 heteroatoms. The smallest absolute Gasteiger partial charge is 0.141 e. The van der Waals surface area contributed by atoms with Gasteiger partial charge in [0.2, 0.25) is 0 Å². The molecule has 0 saturated heterocycles. The number of benzene rings is 2. The molecule has 0 aliphatic heterocycles. The van der Waals surface area contributed by atoms with Gasteiger partial charge in [0.1, 0.15) is 5.82 Å². The molecule has 0 saturated carbocycles. The summed E-state index contributed by atoms with van der Waals surface area (Å²) in [6, 6.07) is 10.6. The van der Waals surface area contributed by atoms with Gasteiger partial charge >= 0.3 is 0 Å². The van der Waals surface area contributed by atoms with Crippen LogP contribution in [0.5, 0.6) is 0 Å². The van der Waals surface area contributed by atoms with E-state index < -0.39 is 5.82 Å². The highest BCUT2D eigenvalue weighted by molar-refractivity contribution is 9.10. The number of nitrogens with two attached hydrogens (primary N) is 1. The van der Waals surface area contributed by atoms with Gasteiger partial charge in [0.15, 0.2) is 0 Å². The highest BCUT2D eigenvalue weighted by Crippen LogP contribution is 2.26. The van der Waals surface area contributed by atoms with E-state index in [1.807, 2.05) is 19.1 Å². The molecule has 2 aromatic carbocycles. The second-order valence-electron chi connectivity index (χ2n) is 4.58. The Kier molecular flexibility index (Phi) is 4.61. The minimum absolute atomic E-state index is 0.132. The third kappa shape index (κ3) is 3.56. The number of halogens is 3. The van der Waals surface area contributed by atoms with Crippen LogP contribution in [-0.4, -0.2) is 0 Å². The first-order valence-corrected chi connectivity index (χ1v) is 7.10. The van der Waals surface area contributed by atoms with Crippen molar-refractivity contribution in [3.63, 3.8) is 0 Å². The van der Waals surface area contributed by atoms with Crippen LogP contribution in [0.2, 0.25) is 5.02 Å². The molecule has 0 heterocycles. The predicted octanol–water partition coefficient (Wildman–Crippen LogP) is 4.79. The van der Waals surface area contributed by atoms with E-state index in [4.69, 9.17) is 17.3 Å². The second kappa shape index (κ2) is 6.04. The van der Waals surface area contributed by atoms with Gasteiger partial charge in [0, 0.05) is 10.5 Å². The van der Waals surface area contributed by atoms with E-state index in [2.05, 4.69) is 22.0 Å². The summed E-state index contributed by atoms with van der Waals surface area (Å²) in [5.74, 6) is -0.407. The maximum atomic E-state index is 13.1. The first-order valence-electron chi connectivity index (χ1n) is 5.93. The van der Waals surface area contributed by atoms with E-state index in [0.29, 0.717) is 6.42 Å². The molecule has 2 rings (SSSR count). The first kappa shape index (κ1) is 14.5. The molecule has 0 amide bonds. The molecule has 2 aromatic rings. The summed E-state index contributed by atoms with van der Waals surface area (Å²) in [6.45, 7) is 2.03. The van der Waals surface area contributed by atoms with Crippen LogP contribution in [-0.2, 0) is 6.42 Å². The van der Waals surface area contributed by atoms with Crippen LogP contribution >= 0.6 is 27.5 Å². The standard InChI is InChI=1S/C15H14BrClFN/c1-9-2-4-12(16)11(6-9)15(19)8-10-3-5-14(18)13(17)7-10/h2-7,15H,8,19H2,1H3. The van der Waals surface area contributed by atoms with E-state index in [0.717, 1.165) is 21.2 Å². The fourth-order valence-electron chi connectivity index (χ4n) is 1.98. The van der Waals surface area contributed by atoms with Crippen LogP contribution in [0, 0.1) is 12.7 Å². The zero-order valence-corrected chi connectivity index (χ0v) is 12.8. The molecule has 1 atom stereocenters. The molecule has 100 valence electrons. The molecular formula is C15H14BrClFN. The lowest BCUT2D eigenvalue weighted by Gasteiger charge is -2.15. The number of hydrogen-bond acceptors (Lipinski definition) is 1. The van der Waals surface area contributed by atoms with Gasteiger partial charge in [0.05, 0.1) is 5.02 Å². The quantitative estimate of drug-likeness (QED) is 0.852. The molecule has 0 aliphatic rings. The molecule has 0 aromatic heterocycles. The number of aryl methyl sites for hydroxylation is 1. The van der Waals surface area contributed by atoms with E-state index in [9.17, 15) is 4.39 Å². The van der Waals surface area contributed by atoms with Crippen LogP contribution in [0.1, 0.15) is 22.7 Å². The Morgan fingerprint density at radius 2 is 2.00 bits per heavy atom. The Balaban J connectivity index is 2.22. The third-order valence-electron chi connectivity index (χ3n) is 2.99. The van der Waals surface area contributed by atoms with Crippen molar-refractivity contribution in [2.24, 2.45) is 5.73 Å². The largest absolute Gasteiger partial charge is 0.324 e. The van der Waals surface area contributed by atoms with Crippen LogP contribution in [0.4, 0.5) is 4.39 Å². The molecule has 0 spiro atoms. The van der Waals surface area contributed by atoms with Gasteiger partial charge < -0.3 is 5.73 Å². The van der Waals surface area contributed by atoms with E-state index >= 15 is 0 Å². The van der Waals surface area contributed by atoms with Crippen molar-refractivity contribution >= 4 is 27.5 Å². The van der Waals surface area contributed by atoms with Crippen LogP contribution in [0.3, 0.4) is 0 Å². The summed E-state index contributed by atoms with van der Waals surface area (Å²) in [4.78, 5) is 0. The Hall–Kier alpha value is -0.900. The maximum absolute atomic E-state index is 13.1. The molecule has 1 unspecified atom stereocenters. The average molecular weight is 343 g/mol.